The molecule has 0 bridgehead atoms. The largest absolute Gasteiger partial charge is 0.490 e. The Labute approximate surface area is 128 Å². The number of carbonyl (C=O) groups excluding carboxylic acids is 1. The summed E-state index contributed by atoms with van der Waals surface area (Å²) in [6, 6.07) is 2.78. The van der Waals surface area contributed by atoms with Crippen molar-refractivity contribution in [2.24, 2.45) is 11.8 Å². The van der Waals surface area contributed by atoms with Gasteiger partial charge in [-0.3, -0.25) is 4.79 Å². The van der Waals surface area contributed by atoms with Crippen molar-refractivity contribution in [3.8, 4) is 11.5 Å². The van der Waals surface area contributed by atoms with Gasteiger partial charge in [0.1, 0.15) is 11.9 Å². The fourth-order valence-electron chi connectivity index (χ4n) is 2.42. The first-order valence-corrected chi connectivity index (χ1v) is 8.44. The molecule has 1 atom stereocenters. The van der Waals surface area contributed by atoms with Crippen molar-refractivity contribution in [2.45, 2.75) is 26.4 Å². The number of rotatable bonds is 4. The molecule has 3 nitrogen and oxygen atoms in total. The minimum atomic E-state index is -0.485. The first-order chi connectivity index (χ1) is 10.0. The molecule has 3 rings (SSSR count). The summed E-state index contributed by atoms with van der Waals surface area (Å²) in [5.74, 6) is 2.96. The predicted molar refractivity (Wildman–Crippen MR) is 80.9 cm³/mol. The smallest absolute Gasteiger partial charge is 0.170 e. The molecule has 1 saturated heterocycles. The standard InChI is InChI=1S/C16H19FO3S/c1-9(2)14-4-13(18)11-3-12(17)16(5-15(11)20-14)19-6-10-7-21-8-10/h3,5,9-10,14H,4,6-8H2,1-2H3. The van der Waals surface area contributed by atoms with E-state index in [0.29, 0.717) is 30.3 Å². The number of Topliss-reactive ketones (excluding diaryl/α,β-unsaturated/α-hetero) is 1. The lowest BCUT2D eigenvalue weighted by Gasteiger charge is -2.29. The van der Waals surface area contributed by atoms with E-state index in [2.05, 4.69) is 0 Å². The highest BCUT2D eigenvalue weighted by Gasteiger charge is 2.30. The third kappa shape index (κ3) is 3.03. The van der Waals surface area contributed by atoms with E-state index in [1.807, 2.05) is 25.6 Å². The lowest BCUT2D eigenvalue weighted by atomic mass is 9.94. The van der Waals surface area contributed by atoms with Crippen molar-refractivity contribution in [3.05, 3.63) is 23.5 Å². The summed E-state index contributed by atoms with van der Waals surface area (Å²) >= 11 is 1.87. The van der Waals surface area contributed by atoms with E-state index in [4.69, 9.17) is 9.47 Å². The second-order valence-electron chi connectivity index (χ2n) is 6.02. The average Bonchev–Trinajstić information content (AvgIpc) is 2.38. The molecular weight excluding hydrogens is 291 g/mol. The second-order valence-corrected chi connectivity index (χ2v) is 7.10. The van der Waals surface area contributed by atoms with Crippen LogP contribution in [0.2, 0.25) is 0 Å². The van der Waals surface area contributed by atoms with Crippen molar-refractivity contribution in [1.82, 2.24) is 0 Å². The average molecular weight is 310 g/mol. The van der Waals surface area contributed by atoms with Crippen molar-refractivity contribution in [1.29, 1.82) is 0 Å². The summed E-state index contributed by atoms with van der Waals surface area (Å²) in [6.07, 6.45) is 0.162. The van der Waals surface area contributed by atoms with Crippen LogP contribution in [0.15, 0.2) is 12.1 Å². The number of thioether (sulfide) groups is 1. The maximum Gasteiger partial charge on any atom is 0.170 e. The Kier molecular flexibility index (Phi) is 4.11. The molecule has 5 heteroatoms. The third-order valence-corrected chi connectivity index (χ3v) is 5.34. The van der Waals surface area contributed by atoms with Crippen molar-refractivity contribution in [3.63, 3.8) is 0 Å². The lowest BCUT2D eigenvalue weighted by Crippen LogP contribution is -2.31. The van der Waals surface area contributed by atoms with Crippen LogP contribution in [0.25, 0.3) is 0 Å². The van der Waals surface area contributed by atoms with Crippen LogP contribution < -0.4 is 9.47 Å². The number of benzene rings is 1. The zero-order valence-electron chi connectivity index (χ0n) is 12.2. The van der Waals surface area contributed by atoms with E-state index in [9.17, 15) is 9.18 Å². The van der Waals surface area contributed by atoms with Crippen molar-refractivity contribution in [2.75, 3.05) is 18.1 Å². The molecule has 2 aliphatic rings. The Balaban J connectivity index is 1.80. The molecule has 0 aliphatic carbocycles. The summed E-state index contributed by atoms with van der Waals surface area (Å²) in [4.78, 5) is 12.1. The van der Waals surface area contributed by atoms with Crippen LogP contribution in [0.3, 0.4) is 0 Å². The number of ether oxygens (including phenoxy) is 2. The maximum absolute atomic E-state index is 14.0. The Morgan fingerprint density at radius 3 is 2.81 bits per heavy atom. The summed E-state index contributed by atoms with van der Waals surface area (Å²) in [5, 5.41) is 0. The summed E-state index contributed by atoms with van der Waals surface area (Å²) < 4.78 is 25.4. The van der Waals surface area contributed by atoms with Crippen LogP contribution >= 0.6 is 11.8 Å². The van der Waals surface area contributed by atoms with Gasteiger partial charge in [-0.15, -0.1) is 0 Å². The SMILES string of the molecule is CC(C)C1CC(=O)c2cc(F)c(OCC3CSC3)cc2O1. The van der Waals surface area contributed by atoms with Crippen LogP contribution in [0.1, 0.15) is 30.6 Å². The molecule has 114 valence electrons. The fraction of sp³-hybridized carbons (Fsp3) is 0.562. The number of carbonyl (C=O) groups is 1. The Morgan fingerprint density at radius 1 is 1.43 bits per heavy atom. The highest BCUT2D eigenvalue weighted by atomic mass is 32.2. The fourth-order valence-corrected chi connectivity index (χ4v) is 3.18. The molecule has 21 heavy (non-hydrogen) atoms. The molecule has 0 spiro atoms. The van der Waals surface area contributed by atoms with Crippen molar-refractivity contribution < 1.29 is 18.7 Å². The summed E-state index contributed by atoms with van der Waals surface area (Å²) in [6.45, 7) is 4.54. The van der Waals surface area contributed by atoms with Gasteiger partial charge in [-0.1, -0.05) is 13.8 Å². The zero-order chi connectivity index (χ0) is 15.0. The van der Waals surface area contributed by atoms with E-state index in [1.54, 1.807) is 0 Å². The monoisotopic (exact) mass is 310 g/mol. The summed E-state index contributed by atoms with van der Waals surface area (Å²) in [7, 11) is 0. The highest BCUT2D eigenvalue weighted by molar-refractivity contribution is 8.00. The molecule has 1 aromatic rings. The predicted octanol–water partition coefficient (Wildman–Crippen LogP) is 3.56. The van der Waals surface area contributed by atoms with E-state index in [0.717, 1.165) is 11.5 Å². The molecule has 0 aromatic heterocycles. The minimum Gasteiger partial charge on any atom is -0.490 e. The molecule has 2 heterocycles. The van der Waals surface area contributed by atoms with Crippen LogP contribution in [0.5, 0.6) is 11.5 Å². The minimum absolute atomic E-state index is 0.0595. The number of ketones is 1. The van der Waals surface area contributed by atoms with E-state index in [1.165, 1.54) is 12.1 Å². The molecule has 0 saturated carbocycles. The van der Waals surface area contributed by atoms with E-state index < -0.39 is 5.82 Å². The number of hydrogen-bond donors (Lipinski definition) is 0. The van der Waals surface area contributed by atoms with Crippen LogP contribution in [-0.2, 0) is 0 Å². The van der Waals surface area contributed by atoms with Gasteiger partial charge >= 0.3 is 0 Å². The first kappa shape index (κ1) is 14.7. The molecule has 1 unspecified atom stereocenters. The number of hydrogen-bond acceptors (Lipinski definition) is 4. The topological polar surface area (TPSA) is 35.5 Å². The Hall–Kier alpha value is -1.23. The van der Waals surface area contributed by atoms with Gasteiger partial charge in [0, 0.05) is 29.9 Å². The van der Waals surface area contributed by atoms with Crippen LogP contribution in [0, 0.1) is 17.7 Å². The Morgan fingerprint density at radius 2 is 2.19 bits per heavy atom. The maximum atomic E-state index is 14.0. The quantitative estimate of drug-likeness (QED) is 0.852. The van der Waals surface area contributed by atoms with Gasteiger partial charge in [0.25, 0.3) is 0 Å². The molecule has 1 aromatic carbocycles. The van der Waals surface area contributed by atoms with Gasteiger partial charge in [0.15, 0.2) is 17.3 Å². The normalized spacial score (nSPS) is 21.7. The molecule has 0 N–H and O–H groups in total. The van der Waals surface area contributed by atoms with Crippen molar-refractivity contribution >= 4 is 17.5 Å². The molecule has 1 fully saturated rings. The summed E-state index contributed by atoms with van der Waals surface area (Å²) in [5.41, 5.74) is 0.330. The zero-order valence-corrected chi connectivity index (χ0v) is 13.0. The Bertz CT molecular complexity index is 555. The van der Waals surface area contributed by atoms with Gasteiger partial charge in [-0.25, -0.2) is 4.39 Å². The van der Waals surface area contributed by atoms with Gasteiger partial charge in [0.05, 0.1) is 12.2 Å². The third-order valence-electron chi connectivity index (χ3n) is 3.92. The highest BCUT2D eigenvalue weighted by Crippen LogP contribution is 2.35. The van der Waals surface area contributed by atoms with E-state index in [-0.39, 0.29) is 23.6 Å². The van der Waals surface area contributed by atoms with Gasteiger partial charge in [-0.05, 0) is 12.0 Å². The molecule has 0 radical (unpaired) electrons. The lowest BCUT2D eigenvalue weighted by molar-refractivity contribution is 0.0769. The number of halogens is 1. The second kappa shape index (κ2) is 5.87. The number of fused-ring (bicyclic) bond motifs is 1. The van der Waals surface area contributed by atoms with Crippen LogP contribution in [0.4, 0.5) is 4.39 Å². The first-order valence-electron chi connectivity index (χ1n) is 7.28. The van der Waals surface area contributed by atoms with Gasteiger partial charge < -0.3 is 9.47 Å². The molecule has 0 amide bonds. The van der Waals surface area contributed by atoms with E-state index >= 15 is 0 Å². The van der Waals surface area contributed by atoms with Gasteiger partial charge in [-0.2, -0.15) is 11.8 Å². The molecular formula is C16H19FO3S. The molecule has 2 aliphatic heterocycles. The van der Waals surface area contributed by atoms with Crippen LogP contribution in [-0.4, -0.2) is 30.0 Å². The van der Waals surface area contributed by atoms with Gasteiger partial charge in [0.2, 0.25) is 0 Å².